The SMILES string of the molecule is CN(Cc1ccc(-n2cccn2)cc1)c1nc2c(cc1C(N)=O)CCC2. The van der Waals surface area contributed by atoms with Gasteiger partial charge in [0, 0.05) is 31.7 Å². The second-order valence-electron chi connectivity index (χ2n) is 6.66. The highest BCUT2D eigenvalue weighted by molar-refractivity contribution is 5.98. The van der Waals surface area contributed by atoms with Gasteiger partial charge in [0.15, 0.2) is 0 Å². The molecular weight excluding hydrogens is 326 g/mol. The Morgan fingerprint density at radius 2 is 2.08 bits per heavy atom. The summed E-state index contributed by atoms with van der Waals surface area (Å²) in [5.41, 5.74) is 10.5. The largest absolute Gasteiger partial charge is 0.365 e. The molecule has 2 aromatic heterocycles. The molecule has 2 heterocycles. The van der Waals surface area contributed by atoms with Crippen LogP contribution in [-0.2, 0) is 19.4 Å². The van der Waals surface area contributed by atoms with Crippen molar-refractivity contribution in [3.63, 3.8) is 0 Å². The maximum Gasteiger partial charge on any atom is 0.252 e. The maximum atomic E-state index is 11.9. The first-order valence-corrected chi connectivity index (χ1v) is 8.74. The van der Waals surface area contributed by atoms with Crippen molar-refractivity contribution in [1.29, 1.82) is 0 Å². The highest BCUT2D eigenvalue weighted by Crippen LogP contribution is 2.27. The van der Waals surface area contributed by atoms with Gasteiger partial charge in [-0.15, -0.1) is 0 Å². The third-order valence-electron chi connectivity index (χ3n) is 4.78. The number of fused-ring (bicyclic) bond motifs is 1. The van der Waals surface area contributed by atoms with Crippen LogP contribution in [0.4, 0.5) is 5.82 Å². The molecule has 0 unspecified atom stereocenters. The Hall–Kier alpha value is -3.15. The van der Waals surface area contributed by atoms with Crippen LogP contribution in [0.2, 0.25) is 0 Å². The summed E-state index contributed by atoms with van der Waals surface area (Å²) < 4.78 is 1.82. The quantitative estimate of drug-likeness (QED) is 0.769. The number of anilines is 1. The second kappa shape index (κ2) is 6.63. The zero-order chi connectivity index (χ0) is 18.1. The molecule has 0 saturated carbocycles. The molecule has 1 aromatic carbocycles. The van der Waals surface area contributed by atoms with Crippen molar-refractivity contribution in [3.8, 4) is 5.69 Å². The van der Waals surface area contributed by atoms with Crippen LogP contribution >= 0.6 is 0 Å². The molecule has 1 aliphatic carbocycles. The zero-order valence-electron chi connectivity index (χ0n) is 14.7. The van der Waals surface area contributed by atoms with Crippen LogP contribution in [0, 0.1) is 0 Å². The first-order valence-electron chi connectivity index (χ1n) is 8.74. The highest BCUT2D eigenvalue weighted by atomic mass is 16.1. The third kappa shape index (κ3) is 3.06. The van der Waals surface area contributed by atoms with Crippen LogP contribution in [0.5, 0.6) is 0 Å². The molecule has 1 aliphatic rings. The number of aryl methyl sites for hydroxylation is 2. The summed E-state index contributed by atoms with van der Waals surface area (Å²) in [6.45, 7) is 0.644. The van der Waals surface area contributed by atoms with E-state index in [1.807, 2.05) is 47.1 Å². The van der Waals surface area contributed by atoms with Gasteiger partial charge in [-0.25, -0.2) is 9.67 Å². The fourth-order valence-corrected chi connectivity index (χ4v) is 3.46. The molecule has 0 saturated heterocycles. The molecule has 2 N–H and O–H groups in total. The maximum absolute atomic E-state index is 11.9. The van der Waals surface area contributed by atoms with E-state index in [4.69, 9.17) is 10.7 Å². The molecule has 0 fully saturated rings. The molecule has 26 heavy (non-hydrogen) atoms. The Kier molecular flexibility index (Phi) is 4.16. The molecule has 3 aromatic rings. The van der Waals surface area contributed by atoms with Crippen molar-refractivity contribution < 1.29 is 4.79 Å². The van der Waals surface area contributed by atoms with E-state index in [0.29, 0.717) is 17.9 Å². The molecule has 1 amide bonds. The van der Waals surface area contributed by atoms with E-state index >= 15 is 0 Å². The van der Waals surface area contributed by atoms with Crippen LogP contribution < -0.4 is 10.6 Å². The van der Waals surface area contributed by atoms with Crippen LogP contribution in [0.25, 0.3) is 5.69 Å². The predicted molar refractivity (Wildman–Crippen MR) is 100 cm³/mol. The van der Waals surface area contributed by atoms with Crippen molar-refractivity contribution in [2.45, 2.75) is 25.8 Å². The molecule has 6 nitrogen and oxygen atoms in total. The Bertz CT molecular complexity index is 932. The average molecular weight is 347 g/mol. The first-order chi connectivity index (χ1) is 12.6. The minimum Gasteiger partial charge on any atom is -0.365 e. The Morgan fingerprint density at radius 3 is 2.77 bits per heavy atom. The standard InChI is InChI=1S/C20H21N5O/c1-24(13-14-6-8-16(9-7-14)25-11-3-10-22-25)20-17(19(21)26)12-15-4-2-5-18(15)23-20/h3,6-12H,2,4-5,13H2,1H3,(H2,21,26). The fourth-order valence-electron chi connectivity index (χ4n) is 3.46. The summed E-state index contributed by atoms with van der Waals surface area (Å²) in [4.78, 5) is 18.6. The number of rotatable bonds is 5. The molecule has 0 radical (unpaired) electrons. The average Bonchev–Trinajstić information content (AvgIpc) is 3.32. The lowest BCUT2D eigenvalue weighted by atomic mass is 10.1. The molecule has 0 bridgehead atoms. The lowest BCUT2D eigenvalue weighted by Crippen LogP contribution is -2.24. The van der Waals surface area contributed by atoms with Gasteiger partial charge in [-0.1, -0.05) is 12.1 Å². The van der Waals surface area contributed by atoms with Crippen molar-refractivity contribution in [3.05, 3.63) is 71.2 Å². The number of carbonyl (C=O) groups excluding carboxylic acids is 1. The smallest absolute Gasteiger partial charge is 0.252 e. The third-order valence-corrected chi connectivity index (χ3v) is 4.78. The predicted octanol–water partition coefficient (Wildman–Crippen LogP) is 2.49. The topological polar surface area (TPSA) is 77.0 Å². The van der Waals surface area contributed by atoms with Gasteiger partial charge in [-0.05, 0) is 54.7 Å². The van der Waals surface area contributed by atoms with Gasteiger partial charge in [-0.3, -0.25) is 4.79 Å². The number of carbonyl (C=O) groups is 1. The van der Waals surface area contributed by atoms with Gasteiger partial charge in [0.25, 0.3) is 5.91 Å². The van der Waals surface area contributed by atoms with E-state index < -0.39 is 5.91 Å². The molecule has 132 valence electrons. The van der Waals surface area contributed by atoms with Crippen LogP contribution in [0.15, 0.2) is 48.8 Å². The summed E-state index contributed by atoms with van der Waals surface area (Å²) in [7, 11) is 1.94. The number of nitrogens with two attached hydrogens (primary N) is 1. The molecule has 0 atom stereocenters. The summed E-state index contributed by atoms with van der Waals surface area (Å²) in [6.07, 6.45) is 6.69. The van der Waals surface area contributed by atoms with Gasteiger partial charge in [0.05, 0.1) is 11.3 Å². The summed E-state index contributed by atoms with van der Waals surface area (Å²) in [5, 5.41) is 4.23. The van der Waals surface area contributed by atoms with Crippen LogP contribution in [0.3, 0.4) is 0 Å². The molecule has 4 rings (SSSR count). The van der Waals surface area contributed by atoms with Gasteiger partial charge < -0.3 is 10.6 Å². The van der Waals surface area contributed by atoms with Gasteiger partial charge in [-0.2, -0.15) is 5.10 Å². The van der Waals surface area contributed by atoms with Gasteiger partial charge >= 0.3 is 0 Å². The van der Waals surface area contributed by atoms with E-state index in [2.05, 4.69) is 17.2 Å². The minimum atomic E-state index is -0.428. The Balaban J connectivity index is 1.58. The number of hydrogen-bond acceptors (Lipinski definition) is 4. The normalized spacial score (nSPS) is 12.8. The number of hydrogen-bond donors (Lipinski definition) is 1. The van der Waals surface area contributed by atoms with Crippen molar-refractivity contribution in [1.82, 2.24) is 14.8 Å². The number of benzene rings is 1. The lowest BCUT2D eigenvalue weighted by molar-refractivity contribution is 0.100. The van der Waals surface area contributed by atoms with Crippen molar-refractivity contribution >= 4 is 11.7 Å². The van der Waals surface area contributed by atoms with Crippen LogP contribution in [-0.4, -0.2) is 27.7 Å². The fraction of sp³-hybridized carbons (Fsp3) is 0.250. The highest BCUT2D eigenvalue weighted by Gasteiger charge is 2.21. The van der Waals surface area contributed by atoms with Gasteiger partial charge in [0.1, 0.15) is 5.82 Å². The van der Waals surface area contributed by atoms with E-state index in [-0.39, 0.29) is 0 Å². The molecular formula is C20H21N5O. The molecule has 0 aliphatic heterocycles. The number of nitrogens with zero attached hydrogens (tertiary/aromatic N) is 4. The van der Waals surface area contributed by atoms with E-state index in [1.54, 1.807) is 6.20 Å². The van der Waals surface area contributed by atoms with Crippen molar-refractivity contribution in [2.24, 2.45) is 5.73 Å². The monoisotopic (exact) mass is 347 g/mol. The number of aromatic nitrogens is 3. The minimum absolute atomic E-state index is 0.428. The number of pyridine rings is 1. The molecule has 6 heteroatoms. The summed E-state index contributed by atoms with van der Waals surface area (Å²) >= 11 is 0. The number of amides is 1. The van der Waals surface area contributed by atoms with Crippen LogP contribution in [0.1, 0.15) is 33.6 Å². The number of primary amides is 1. The second-order valence-corrected chi connectivity index (χ2v) is 6.66. The Morgan fingerprint density at radius 1 is 1.27 bits per heavy atom. The van der Waals surface area contributed by atoms with E-state index in [0.717, 1.165) is 41.8 Å². The van der Waals surface area contributed by atoms with Crippen molar-refractivity contribution in [2.75, 3.05) is 11.9 Å². The summed E-state index contributed by atoms with van der Waals surface area (Å²) in [5.74, 6) is 0.234. The molecule has 0 spiro atoms. The lowest BCUT2D eigenvalue weighted by Gasteiger charge is -2.21. The zero-order valence-corrected chi connectivity index (χ0v) is 14.7. The Labute approximate surface area is 152 Å². The van der Waals surface area contributed by atoms with Gasteiger partial charge in [0.2, 0.25) is 0 Å². The first kappa shape index (κ1) is 16.3. The van der Waals surface area contributed by atoms with E-state index in [9.17, 15) is 4.79 Å². The van der Waals surface area contributed by atoms with E-state index in [1.165, 1.54) is 0 Å². The summed E-state index contributed by atoms with van der Waals surface area (Å²) in [6, 6.07) is 12.0.